The zero-order chi connectivity index (χ0) is 20.1. The third-order valence-corrected chi connectivity index (χ3v) is 5.41. The van der Waals surface area contributed by atoms with E-state index in [9.17, 15) is 9.18 Å². The molecule has 6 rings (SSSR count). The Kier molecular flexibility index (Phi) is 3.87. The van der Waals surface area contributed by atoms with E-state index >= 15 is 0 Å². The van der Waals surface area contributed by atoms with Crippen molar-refractivity contribution < 1.29 is 13.9 Å². The van der Waals surface area contributed by atoms with Crippen molar-refractivity contribution in [3.05, 3.63) is 59.0 Å². The Morgan fingerprint density at radius 1 is 1.34 bits per heavy atom. The van der Waals surface area contributed by atoms with Crippen molar-refractivity contribution in [2.75, 3.05) is 29.4 Å². The quantitative estimate of drug-likeness (QED) is 0.469. The third-order valence-electron chi connectivity index (χ3n) is 5.41. The van der Waals surface area contributed by atoms with E-state index in [4.69, 9.17) is 11.3 Å². The molecular formula is C20H17FN6O2. The second kappa shape index (κ2) is 6.44. The van der Waals surface area contributed by atoms with Crippen molar-refractivity contribution >= 4 is 28.8 Å². The molecule has 0 atom stereocenters. The normalized spacial score (nSPS) is 16.4. The van der Waals surface area contributed by atoms with Gasteiger partial charge in [-0.05, 0) is 25.1 Å². The molecule has 0 unspecified atom stereocenters. The number of aromatic nitrogens is 3. The number of nitrogens with zero attached hydrogens (tertiary/aromatic N) is 6. The van der Waals surface area contributed by atoms with Crippen molar-refractivity contribution in [2.24, 2.45) is 0 Å². The van der Waals surface area contributed by atoms with Gasteiger partial charge in [0.25, 0.3) is 0 Å². The minimum absolute atomic E-state index is 0.0161. The van der Waals surface area contributed by atoms with Crippen LogP contribution in [0.5, 0.6) is 0 Å². The van der Waals surface area contributed by atoms with E-state index in [0.717, 1.165) is 5.69 Å². The van der Waals surface area contributed by atoms with Crippen LogP contribution in [0.3, 0.4) is 0 Å². The van der Waals surface area contributed by atoms with Gasteiger partial charge in [0.15, 0.2) is 5.65 Å². The van der Waals surface area contributed by atoms with Crippen LogP contribution >= 0.6 is 0 Å². The number of anilines is 2. The molecule has 29 heavy (non-hydrogen) atoms. The van der Waals surface area contributed by atoms with Gasteiger partial charge in [0.1, 0.15) is 23.3 Å². The Hall–Kier alpha value is -3.67. The van der Waals surface area contributed by atoms with E-state index in [1.165, 1.54) is 16.8 Å². The van der Waals surface area contributed by atoms with Gasteiger partial charge in [0.2, 0.25) is 5.69 Å². The number of hydrogen-bond donors (Lipinski definition) is 0. The predicted molar refractivity (Wildman–Crippen MR) is 104 cm³/mol. The van der Waals surface area contributed by atoms with Gasteiger partial charge in [-0.1, -0.05) is 0 Å². The average Bonchev–Trinajstić information content (AvgIpc) is 3.12. The summed E-state index contributed by atoms with van der Waals surface area (Å²) in [6, 6.07) is 4.80. The lowest BCUT2D eigenvalue weighted by molar-refractivity contribution is 0.0236. The summed E-state index contributed by atoms with van der Waals surface area (Å²) in [5, 5.41) is 4.18. The Bertz CT molecular complexity index is 1180. The fraction of sp³-hybridized carbons (Fsp3) is 0.300. The number of fused-ring (bicyclic) bond motifs is 2. The van der Waals surface area contributed by atoms with Crippen molar-refractivity contribution in [2.45, 2.75) is 19.6 Å². The second-order valence-electron chi connectivity index (χ2n) is 7.06. The highest BCUT2D eigenvalue weighted by molar-refractivity contribution is 5.96. The van der Waals surface area contributed by atoms with Gasteiger partial charge in [-0.2, -0.15) is 5.10 Å². The maximum absolute atomic E-state index is 14.4. The molecule has 1 fully saturated rings. The van der Waals surface area contributed by atoms with E-state index in [0.29, 0.717) is 48.8 Å². The standard InChI is InChI=1S/C20H17FN6O2/c1-3-25-11-14-16(5-4-15(21)18(14)22-2)26-9-12(10-26)29-20(28)13-8-23-27-7-6-17(25)24-19(13)27/h4-8,12H,3,9-11H2,1H3. The maximum Gasteiger partial charge on any atom is 0.344 e. The van der Waals surface area contributed by atoms with E-state index < -0.39 is 11.8 Å². The van der Waals surface area contributed by atoms with Crippen LogP contribution < -0.4 is 9.80 Å². The Labute approximate surface area is 165 Å². The summed E-state index contributed by atoms with van der Waals surface area (Å²) in [5.41, 5.74) is 2.13. The molecule has 3 aromatic rings. The van der Waals surface area contributed by atoms with Crippen molar-refractivity contribution in [1.29, 1.82) is 0 Å². The molecule has 1 aromatic carbocycles. The molecule has 0 aliphatic carbocycles. The molecule has 3 aliphatic heterocycles. The lowest BCUT2D eigenvalue weighted by Gasteiger charge is -2.41. The van der Waals surface area contributed by atoms with Crippen molar-refractivity contribution in [1.82, 2.24) is 14.6 Å². The van der Waals surface area contributed by atoms with Crippen LogP contribution in [0.2, 0.25) is 0 Å². The highest BCUT2D eigenvalue weighted by Gasteiger charge is 2.34. The Morgan fingerprint density at radius 3 is 2.93 bits per heavy atom. The fourth-order valence-corrected chi connectivity index (χ4v) is 3.82. The number of benzene rings is 1. The van der Waals surface area contributed by atoms with Gasteiger partial charge < -0.3 is 14.5 Å². The van der Waals surface area contributed by atoms with Crippen LogP contribution in [0.1, 0.15) is 22.8 Å². The maximum atomic E-state index is 14.4. The molecule has 0 radical (unpaired) electrons. The van der Waals surface area contributed by atoms with E-state index in [-0.39, 0.29) is 11.8 Å². The zero-order valence-electron chi connectivity index (χ0n) is 15.7. The molecule has 5 heterocycles. The third kappa shape index (κ3) is 2.68. The summed E-state index contributed by atoms with van der Waals surface area (Å²) in [4.78, 5) is 24.7. The summed E-state index contributed by atoms with van der Waals surface area (Å²) >= 11 is 0. The number of hydrogen-bond acceptors (Lipinski definition) is 6. The first-order valence-corrected chi connectivity index (χ1v) is 9.33. The highest BCUT2D eigenvalue weighted by Crippen LogP contribution is 2.37. The smallest absolute Gasteiger partial charge is 0.344 e. The van der Waals surface area contributed by atoms with Gasteiger partial charge in [-0.15, -0.1) is 0 Å². The Balaban J connectivity index is 1.70. The van der Waals surface area contributed by atoms with Crippen LogP contribution in [0.15, 0.2) is 30.6 Å². The largest absolute Gasteiger partial charge is 0.455 e. The molecule has 0 amide bonds. The molecule has 0 saturated carbocycles. The average molecular weight is 392 g/mol. The van der Waals surface area contributed by atoms with Gasteiger partial charge in [-0.3, -0.25) is 0 Å². The van der Waals surface area contributed by atoms with Crippen LogP contribution in [-0.4, -0.2) is 46.3 Å². The number of halogens is 1. The van der Waals surface area contributed by atoms with Gasteiger partial charge >= 0.3 is 5.97 Å². The van der Waals surface area contributed by atoms with Crippen molar-refractivity contribution in [3.63, 3.8) is 0 Å². The highest BCUT2D eigenvalue weighted by atomic mass is 19.1. The summed E-state index contributed by atoms with van der Waals surface area (Å²) < 4.78 is 21.5. The molecule has 8 nitrogen and oxygen atoms in total. The summed E-state index contributed by atoms with van der Waals surface area (Å²) in [6.07, 6.45) is 2.91. The zero-order valence-corrected chi connectivity index (χ0v) is 15.7. The van der Waals surface area contributed by atoms with Crippen LogP contribution in [0.25, 0.3) is 10.5 Å². The topological polar surface area (TPSA) is 67.3 Å². The monoisotopic (exact) mass is 392 g/mol. The van der Waals surface area contributed by atoms with E-state index in [1.807, 2.05) is 16.7 Å². The number of rotatable bonds is 1. The second-order valence-corrected chi connectivity index (χ2v) is 7.06. The first-order valence-electron chi connectivity index (χ1n) is 9.33. The van der Waals surface area contributed by atoms with E-state index in [2.05, 4.69) is 14.9 Å². The molecule has 2 aromatic heterocycles. The molecule has 0 N–H and O–H groups in total. The molecule has 9 heteroatoms. The predicted octanol–water partition coefficient (Wildman–Crippen LogP) is 2.80. The first-order chi connectivity index (χ1) is 14.1. The lowest BCUT2D eigenvalue weighted by Crippen LogP contribution is -2.53. The summed E-state index contributed by atoms with van der Waals surface area (Å²) in [6.45, 7) is 11.3. The number of esters is 1. The summed E-state index contributed by atoms with van der Waals surface area (Å²) in [7, 11) is 0. The first kappa shape index (κ1) is 17.4. The van der Waals surface area contributed by atoms with Gasteiger partial charge in [-0.25, -0.2) is 23.5 Å². The van der Waals surface area contributed by atoms with Crippen LogP contribution in [-0.2, 0) is 11.3 Å². The minimum Gasteiger partial charge on any atom is -0.455 e. The van der Waals surface area contributed by atoms with Gasteiger partial charge in [0, 0.05) is 30.5 Å². The fourth-order valence-electron chi connectivity index (χ4n) is 3.82. The van der Waals surface area contributed by atoms with Crippen molar-refractivity contribution in [3.8, 4) is 0 Å². The Morgan fingerprint density at radius 2 is 2.17 bits per heavy atom. The SMILES string of the molecule is [C-]#[N+]c1c(F)ccc2c1CN(CC)c1ccn3ncc(c3n1)C(=O)OC1CN2C1. The number of carbonyl (C=O) groups is 1. The van der Waals surface area contributed by atoms with Crippen LogP contribution in [0, 0.1) is 12.4 Å². The van der Waals surface area contributed by atoms with Gasteiger partial charge in [0.05, 0.1) is 25.9 Å². The molecule has 146 valence electrons. The molecule has 0 spiro atoms. The molecule has 3 aliphatic rings. The number of ether oxygens (including phenoxy) is 1. The molecule has 1 saturated heterocycles. The minimum atomic E-state index is -0.538. The summed E-state index contributed by atoms with van der Waals surface area (Å²) in [5.74, 6) is -0.385. The van der Waals surface area contributed by atoms with Crippen LogP contribution in [0.4, 0.5) is 21.6 Å². The van der Waals surface area contributed by atoms with E-state index in [1.54, 1.807) is 18.3 Å². The molecule has 4 bridgehead atoms. The molecular weight excluding hydrogens is 375 g/mol. The number of carbonyl (C=O) groups excluding carboxylic acids is 1. The lowest BCUT2D eigenvalue weighted by atomic mass is 10.0.